The van der Waals surface area contributed by atoms with Crippen LogP contribution in [-0.2, 0) is 0 Å². The minimum Gasteiger partial charge on any atom is -0.361 e. The molecule has 0 radical (unpaired) electrons. The van der Waals surface area contributed by atoms with Gasteiger partial charge in [-0.25, -0.2) is 0 Å². The lowest BCUT2D eigenvalue weighted by molar-refractivity contribution is 0.274. The van der Waals surface area contributed by atoms with E-state index in [9.17, 15) is 0 Å². The van der Waals surface area contributed by atoms with E-state index in [1.54, 1.807) is 0 Å². The molecule has 1 aliphatic carbocycles. The molecule has 1 atom stereocenters. The second kappa shape index (κ2) is 6.67. The zero-order valence-corrected chi connectivity index (χ0v) is 12.1. The Morgan fingerprint density at radius 2 is 1.82 bits per heavy atom. The molecule has 2 nitrogen and oxygen atoms in total. The van der Waals surface area contributed by atoms with Crippen molar-refractivity contribution < 1.29 is 0 Å². The van der Waals surface area contributed by atoms with E-state index in [1.165, 1.54) is 49.4 Å². The molecule has 0 amide bonds. The molecule has 1 aliphatic heterocycles. The summed E-state index contributed by atoms with van der Waals surface area (Å²) in [5.74, 6) is 3.06. The van der Waals surface area contributed by atoms with Crippen LogP contribution in [0.5, 0.6) is 0 Å². The zero-order chi connectivity index (χ0) is 12.1. The Morgan fingerprint density at radius 1 is 1.12 bits per heavy atom. The summed E-state index contributed by atoms with van der Waals surface area (Å²) >= 11 is 1.91. The van der Waals surface area contributed by atoms with Gasteiger partial charge in [-0.15, -0.1) is 0 Å². The summed E-state index contributed by atoms with van der Waals surface area (Å²) in [7, 11) is 0. The van der Waals surface area contributed by atoms with Crippen molar-refractivity contribution in [2.75, 3.05) is 12.3 Å². The molecule has 98 valence electrons. The van der Waals surface area contributed by atoms with Gasteiger partial charge in [0.2, 0.25) is 0 Å². The fourth-order valence-electron chi connectivity index (χ4n) is 2.78. The third-order valence-corrected chi connectivity index (χ3v) is 5.37. The lowest BCUT2D eigenvalue weighted by Crippen LogP contribution is -2.26. The van der Waals surface area contributed by atoms with Gasteiger partial charge in [0, 0.05) is 18.3 Å². The van der Waals surface area contributed by atoms with Gasteiger partial charge < -0.3 is 5.32 Å². The summed E-state index contributed by atoms with van der Waals surface area (Å²) in [6.45, 7) is 5.63. The Labute approximate surface area is 110 Å². The van der Waals surface area contributed by atoms with Gasteiger partial charge >= 0.3 is 0 Å². The van der Waals surface area contributed by atoms with Crippen LogP contribution in [0.4, 0.5) is 0 Å². The molecule has 1 N–H and O–H groups in total. The summed E-state index contributed by atoms with van der Waals surface area (Å²) in [6.07, 6.45) is 8.26. The molecular formula is C14H26N2S. The van der Waals surface area contributed by atoms with Crippen LogP contribution in [0, 0.1) is 11.8 Å². The highest BCUT2D eigenvalue weighted by Crippen LogP contribution is 2.31. The normalized spacial score (nSPS) is 36.1. The lowest BCUT2D eigenvalue weighted by Gasteiger charge is -2.26. The van der Waals surface area contributed by atoms with E-state index < -0.39 is 0 Å². The largest absolute Gasteiger partial charge is 0.361 e. The second-order valence-electron chi connectivity index (χ2n) is 5.50. The van der Waals surface area contributed by atoms with Crippen molar-refractivity contribution in [3.63, 3.8) is 0 Å². The monoisotopic (exact) mass is 254 g/mol. The van der Waals surface area contributed by atoms with E-state index in [4.69, 9.17) is 4.99 Å². The first-order valence-corrected chi connectivity index (χ1v) is 8.24. The average Bonchev–Trinajstić information content (AvgIpc) is 2.85. The third kappa shape index (κ3) is 3.90. The number of nitrogens with one attached hydrogen (secondary N) is 1. The first-order chi connectivity index (χ1) is 8.31. The molecule has 1 saturated carbocycles. The number of nitrogens with zero attached hydrogens (tertiary/aromatic N) is 1. The predicted octanol–water partition coefficient (Wildman–Crippen LogP) is 3.67. The number of aliphatic imine (C=N–C) groups is 1. The van der Waals surface area contributed by atoms with E-state index in [2.05, 4.69) is 19.2 Å². The van der Waals surface area contributed by atoms with Gasteiger partial charge in [-0.05, 0) is 31.1 Å². The van der Waals surface area contributed by atoms with Crippen molar-refractivity contribution >= 4 is 16.9 Å². The number of hydrogen-bond acceptors (Lipinski definition) is 2. The van der Waals surface area contributed by atoms with E-state index in [1.807, 2.05) is 11.8 Å². The number of hydrogen-bond donors (Lipinski definition) is 1. The van der Waals surface area contributed by atoms with Crippen molar-refractivity contribution in [1.82, 2.24) is 5.32 Å². The third-order valence-electron chi connectivity index (χ3n) is 4.28. The summed E-state index contributed by atoms with van der Waals surface area (Å²) < 4.78 is 0. The van der Waals surface area contributed by atoms with Gasteiger partial charge in [-0.1, -0.05) is 44.9 Å². The van der Waals surface area contributed by atoms with Gasteiger partial charge in [-0.3, -0.25) is 4.99 Å². The molecule has 1 heterocycles. The summed E-state index contributed by atoms with van der Waals surface area (Å²) in [4.78, 5) is 4.76. The van der Waals surface area contributed by atoms with Crippen molar-refractivity contribution in [1.29, 1.82) is 0 Å². The Bertz CT molecular complexity index is 257. The molecule has 2 rings (SSSR count). The quantitative estimate of drug-likeness (QED) is 0.827. The summed E-state index contributed by atoms with van der Waals surface area (Å²) in [6, 6.07) is 0.662. The molecule has 0 bridgehead atoms. The Kier molecular flexibility index (Phi) is 5.20. The molecule has 1 unspecified atom stereocenters. The fraction of sp³-hybridized carbons (Fsp3) is 0.929. The smallest absolute Gasteiger partial charge is 0.156 e. The van der Waals surface area contributed by atoms with Crippen LogP contribution in [0.1, 0.15) is 52.4 Å². The van der Waals surface area contributed by atoms with E-state index in [0.717, 1.165) is 18.4 Å². The molecule has 3 heteroatoms. The highest BCUT2D eigenvalue weighted by Gasteiger charge is 2.21. The van der Waals surface area contributed by atoms with Crippen molar-refractivity contribution in [3.05, 3.63) is 0 Å². The van der Waals surface area contributed by atoms with E-state index in [0.29, 0.717) is 6.04 Å². The SMILES string of the molecule is CCC1CCC(CN=C2NC(CC)CS2)CC1. The molecule has 0 aromatic heterocycles. The lowest BCUT2D eigenvalue weighted by atomic mass is 9.81. The predicted molar refractivity (Wildman–Crippen MR) is 77.7 cm³/mol. The summed E-state index contributed by atoms with van der Waals surface area (Å²) in [5.41, 5.74) is 0. The topological polar surface area (TPSA) is 24.4 Å². The number of thioether (sulfide) groups is 1. The molecule has 2 aliphatic rings. The molecule has 2 fully saturated rings. The van der Waals surface area contributed by atoms with Crippen LogP contribution in [0.2, 0.25) is 0 Å². The Balaban J connectivity index is 1.70. The van der Waals surface area contributed by atoms with Gasteiger partial charge in [0.25, 0.3) is 0 Å². The zero-order valence-electron chi connectivity index (χ0n) is 11.2. The highest BCUT2D eigenvalue weighted by molar-refractivity contribution is 8.14. The van der Waals surface area contributed by atoms with E-state index in [-0.39, 0.29) is 0 Å². The molecule has 17 heavy (non-hydrogen) atoms. The highest BCUT2D eigenvalue weighted by atomic mass is 32.2. The second-order valence-corrected chi connectivity index (χ2v) is 6.51. The van der Waals surface area contributed by atoms with Crippen LogP contribution in [0.3, 0.4) is 0 Å². The van der Waals surface area contributed by atoms with Crippen molar-refractivity contribution in [2.45, 2.75) is 58.4 Å². The molecule has 0 spiro atoms. The maximum Gasteiger partial charge on any atom is 0.156 e. The average molecular weight is 254 g/mol. The molecule has 1 saturated heterocycles. The van der Waals surface area contributed by atoms with Gasteiger partial charge in [0.15, 0.2) is 5.17 Å². The Hall–Kier alpha value is -0.180. The fourth-order valence-corrected chi connectivity index (χ4v) is 3.88. The standard InChI is InChI=1S/C14H26N2S/c1-3-11-5-7-12(8-6-11)9-15-14-16-13(4-2)10-17-14/h11-13H,3-10H2,1-2H3,(H,15,16). The van der Waals surface area contributed by atoms with Crippen molar-refractivity contribution in [3.8, 4) is 0 Å². The first-order valence-electron chi connectivity index (χ1n) is 7.25. The van der Waals surface area contributed by atoms with Crippen LogP contribution in [0.25, 0.3) is 0 Å². The van der Waals surface area contributed by atoms with Crippen LogP contribution in [-0.4, -0.2) is 23.5 Å². The maximum absolute atomic E-state index is 4.76. The molecule has 0 aromatic rings. The number of rotatable bonds is 4. The van der Waals surface area contributed by atoms with Gasteiger partial charge in [-0.2, -0.15) is 0 Å². The van der Waals surface area contributed by atoms with Crippen LogP contribution in [0.15, 0.2) is 4.99 Å². The molecular weight excluding hydrogens is 228 g/mol. The Morgan fingerprint density at radius 3 is 2.41 bits per heavy atom. The van der Waals surface area contributed by atoms with Crippen molar-refractivity contribution in [2.24, 2.45) is 16.8 Å². The maximum atomic E-state index is 4.76. The molecule has 0 aromatic carbocycles. The van der Waals surface area contributed by atoms with Crippen LogP contribution >= 0.6 is 11.8 Å². The number of amidine groups is 1. The minimum absolute atomic E-state index is 0.662. The van der Waals surface area contributed by atoms with Gasteiger partial charge in [0.1, 0.15) is 0 Å². The van der Waals surface area contributed by atoms with E-state index >= 15 is 0 Å². The first kappa shape index (κ1) is 13.3. The minimum atomic E-state index is 0.662. The summed E-state index contributed by atoms with van der Waals surface area (Å²) in [5, 5.41) is 4.72. The van der Waals surface area contributed by atoms with Crippen LogP contribution < -0.4 is 5.32 Å². The van der Waals surface area contributed by atoms with Gasteiger partial charge in [0.05, 0.1) is 0 Å².